The van der Waals surface area contributed by atoms with Crippen LogP contribution in [0.3, 0.4) is 0 Å². The van der Waals surface area contributed by atoms with Crippen molar-refractivity contribution in [3.05, 3.63) is 10.5 Å². The summed E-state index contributed by atoms with van der Waals surface area (Å²) in [5, 5.41) is 1.45. The van der Waals surface area contributed by atoms with Crippen LogP contribution < -0.4 is 0 Å². The van der Waals surface area contributed by atoms with Gasteiger partial charge < -0.3 is 4.90 Å². The number of halogens is 1. The summed E-state index contributed by atoms with van der Waals surface area (Å²) in [5.41, 5.74) is 0. The predicted molar refractivity (Wildman–Crippen MR) is 94.9 cm³/mol. The van der Waals surface area contributed by atoms with Crippen LogP contribution in [0.5, 0.6) is 0 Å². The molecule has 0 spiro atoms. The van der Waals surface area contributed by atoms with Gasteiger partial charge in [-0.15, -0.1) is 0 Å². The van der Waals surface area contributed by atoms with E-state index in [2.05, 4.69) is 55.8 Å². The van der Waals surface area contributed by atoms with Gasteiger partial charge in [0.1, 0.15) is 5.16 Å². The average molecular weight is 338 g/mol. The normalized spacial score (nSPS) is 13.8. The molecular weight excluding hydrogens is 305 g/mol. The van der Waals surface area contributed by atoms with Crippen molar-refractivity contribution in [2.45, 2.75) is 48.5 Å². The van der Waals surface area contributed by atoms with Gasteiger partial charge >= 0.3 is 0 Å². The van der Waals surface area contributed by atoms with E-state index in [1.807, 2.05) is 6.92 Å². The Labute approximate surface area is 136 Å². The first-order valence-electron chi connectivity index (χ1n) is 8.11. The lowest BCUT2D eigenvalue weighted by molar-refractivity contribution is 0.361. The van der Waals surface area contributed by atoms with Crippen LogP contribution in [0, 0.1) is 0 Å². The Morgan fingerprint density at radius 1 is 0.810 bits per heavy atom. The average Bonchev–Trinajstić information content (AvgIpc) is 2.49. The summed E-state index contributed by atoms with van der Waals surface area (Å²) >= 11 is 6.58. The molecule has 0 aliphatic heterocycles. The maximum absolute atomic E-state index is 13.9. The third-order valence-electron chi connectivity index (χ3n) is 4.00. The van der Waals surface area contributed by atoms with Crippen molar-refractivity contribution in [1.82, 2.24) is 14.2 Å². The van der Waals surface area contributed by atoms with E-state index in [-0.39, 0.29) is 0 Å². The minimum absolute atomic E-state index is 0.641. The highest BCUT2D eigenvalue weighted by molar-refractivity contribution is 7.63. The fourth-order valence-electron chi connectivity index (χ4n) is 2.67. The minimum Gasteiger partial charge on any atom is -0.362 e. The molecule has 0 amide bonds. The smallest absolute Gasteiger partial charge is 0.244 e. The summed E-state index contributed by atoms with van der Waals surface area (Å²) in [7, 11) is -2.79. The van der Waals surface area contributed by atoms with Crippen LogP contribution in [-0.4, -0.2) is 53.5 Å². The summed E-state index contributed by atoms with van der Waals surface area (Å²) in [6, 6.07) is 0. The molecule has 0 bridgehead atoms. The Hall–Kier alpha value is -0.0200. The largest absolute Gasteiger partial charge is 0.362 e. The van der Waals surface area contributed by atoms with Crippen LogP contribution in [0.4, 0.5) is 0 Å². The summed E-state index contributed by atoms with van der Waals surface area (Å²) < 4.78 is 18.0. The summed E-state index contributed by atoms with van der Waals surface area (Å²) in [6.07, 6.45) is 0. The summed E-state index contributed by atoms with van der Waals surface area (Å²) in [5.74, 6) is 0. The highest BCUT2D eigenvalue weighted by atomic mass is 35.5. The van der Waals surface area contributed by atoms with E-state index in [4.69, 9.17) is 11.6 Å². The maximum atomic E-state index is 13.9. The monoisotopic (exact) mass is 337 g/mol. The molecule has 0 N–H and O–H groups in total. The van der Waals surface area contributed by atoms with E-state index in [0.717, 1.165) is 44.6 Å². The number of allylic oxidation sites excluding steroid dienone is 1. The predicted octanol–water partition coefficient (Wildman–Crippen LogP) is 4.63. The maximum Gasteiger partial charge on any atom is 0.244 e. The van der Waals surface area contributed by atoms with Crippen LogP contribution in [0.25, 0.3) is 0 Å². The van der Waals surface area contributed by atoms with Crippen molar-refractivity contribution in [2.24, 2.45) is 0 Å². The second kappa shape index (κ2) is 9.89. The molecule has 0 aromatic heterocycles. The molecule has 4 nitrogen and oxygen atoms in total. The van der Waals surface area contributed by atoms with Crippen molar-refractivity contribution in [3.63, 3.8) is 0 Å². The minimum atomic E-state index is -2.79. The van der Waals surface area contributed by atoms with Crippen LogP contribution >= 0.6 is 19.0 Å². The van der Waals surface area contributed by atoms with Gasteiger partial charge in [0.15, 0.2) is 0 Å². The summed E-state index contributed by atoms with van der Waals surface area (Å²) in [6.45, 7) is 18.9. The van der Waals surface area contributed by atoms with Crippen LogP contribution in [0.2, 0.25) is 0 Å². The Morgan fingerprint density at radius 2 is 1.14 bits per heavy atom. The van der Waals surface area contributed by atoms with Crippen molar-refractivity contribution in [2.75, 3.05) is 39.3 Å². The molecule has 0 saturated carbocycles. The zero-order valence-corrected chi connectivity index (χ0v) is 16.5. The number of hydrogen-bond acceptors (Lipinski definition) is 2. The Balaban J connectivity index is 6.02. The zero-order valence-electron chi connectivity index (χ0n) is 14.8. The third-order valence-corrected chi connectivity index (χ3v) is 8.41. The third kappa shape index (κ3) is 4.48. The van der Waals surface area contributed by atoms with Gasteiger partial charge in [-0.2, -0.15) is 0 Å². The van der Waals surface area contributed by atoms with E-state index >= 15 is 0 Å². The van der Waals surface area contributed by atoms with Crippen molar-refractivity contribution < 1.29 is 4.57 Å². The Kier molecular flexibility index (Phi) is 9.88. The molecule has 0 unspecified atom stereocenters. The van der Waals surface area contributed by atoms with Gasteiger partial charge in [-0.1, -0.05) is 39.3 Å². The van der Waals surface area contributed by atoms with Gasteiger partial charge in [0.05, 0.1) is 0 Å². The van der Waals surface area contributed by atoms with Crippen LogP contribution in [0.15, 0.2) is 10.5 Å². The zero-order chi connectivity index (χ0) is 16.6. The van der Waals surface area contributed by atoms with E-state index in [0.29, 0.717) is 5.16 Å². The van der Waals surface area contributed by atoms with E-state index < -0.39 is 7.44 Å². The summed E-state index contributed by atoms with van der Waals surface area (Å²) in [4.78, 5) is 2.07. The van der Waals surface area contributed by atoms with Gasteiger partial charge in [0, 0.05) is 44.6 Å². The molecular formula is C15H33ClN3OP. The van der Waals surface area contributed by atoms with Gasteiger partial charge in [-0.3, -0.25) is 4.57 Å². The number of hydrogen-bond donors (Lipinski definition) is 0. The highest BCUT2D eigenvalue weighted by Gasteiger charge is 2.38. The second-order valence-corrected chi connectivity index (χ2v) is 8.12. The first-order chi connectivity index (χ1) is 9.88. The topological polar surface area (TPSA) is 26.8 Å². The van der Waals surface area contributed by atoms with Crippen molar-refractivity contribution in [1.29, 1.82) is 0 Å². The molecule has 0 saturated heterocycles. The quantitative estimate of drug-likeness (QED) is 0.429. The number of nitrogens with zero attached hydrogens (tertiary/aromatic N) is 3. The second-order valence-electron chi connectivity index (χ2n) is 4.87. The first kappa shape index (κ1) is 21.0. The molecule has 0 aliphatic rings. The standard InChI is InChI=1S/C15H33ClN3OP/c1-8-17(9-2)15(16)14(7)21(20,18(10-3)11-4)19(12-5)13-6/h8-13H2,1-7H3/b15-14+. The lowest BCUT2D eigenvalue weighted by Gasteiger charge is -2.39. The molecule has 0 fully saturated rings. The molecule has 0 radical (unpaired) electrons. The first-order valence-corrected chi connectivity index (χ1v) is 10.1. The molecule has 0 heterocycles. The van der Waals surface area contributed by atoms with Crippen molar-refractivity contribution in [3.8, 4) is 0 Å². The fourth-order valence-corrected chi connectivity index (χ4v) is 6.36. The van der Waals surface area contributed by atoms with E-state index in [9.17, 15) is 4.57 Å². The molecule has 126 valence electrons. The lowest BCUT2D eigenvalue weighted by Crippen LogP contribution is -2.33. The molecule has 0 aliphatic carbocycles. The lowest BCUT2D eigenvalue weighted by atomic mass is 10.5. The van der Waals surface area contributed by atoms with Crippen molar-refractivity contribution >= 4 is 19.0 Å². The van der Waals surface area contributed by atoms with Gasteiger partial charge in [0.25, 0.3) is 0 Å². The molecule has 0 aromatic carbocycles. The molecule has 21 heavy (non-hydrogen) atoms. The molecule has 0 atom stereocenters. The van der Waals surface area contributed by atoms with Gasteiger partial charge in [-0.05, 0) is 20.8 Å². The SMILES string of the molecule is CCN(CC)/C(Cl)=C(\C)P(=O)(N(CC)CC)N(CC)CC. The molecule has 0 rings (SSSR count). The molecule has 6 heteroatoms. The van der Waals surface area contributed by atoms with E-state index in [1.54, 1.807) is 0 Å². The Bertz CT molecular complexity index is 359. The van der Waals surface area contributed by atoms with E-state index in [1.165, 1.54) is 0 Å². The Morgan fingerprint density at radius 3 is 1.38 bits per heavy atom. The van der Waals surface area contributed by atoms with Gasteiger partial charge in [0.2, 0.25) is 7.44 Å². The fraction of sp³-hybridized carbons (Fsp3) is 0.867. The number of rotatable bonds is 10. The highest BCUT2D eigenvalue weighted by Crippen LogP contribution is 2.61. The van der Waals surface area contributed by atoms with Crippen LogP contribution in [-0.2, 0) is 4.57 Å². The molecule has 0 aromatic rings. The van der Waals surface area contributed by atoms with Crippen LogP contribution in [0.1, 0.15) is 48.5 Å². The van der Waals surface area contributed by atoms with Gasteiger partial charge in [-0.25, -0.2) is 9.34 Å².